The van der Waals surface area contributed by atoms with E-state index in [9.17, 15) is 4.79 Å². The van der Waals surface area contributed by atoms with Crippen molar-refractivity contribution in [3.8, 4) is 0 Å². The zero-order valence-corrected chi connectivity index (χ0v) is 15.5. The molecule has 6 heteroatoms. The van der Waals surface area contributed by atoms with Crippen molar-refractivity contribution in [1.29, 1.82) is 0 Å². The smallest absolute Gasteiger partial charge is 0.223 e. The van der Waals surface area contributed by atoms with Crippen LogP contribution in [0, 0.1) is 12.8 Å². The minimum Gasteiger partial charge on any atom is -0.343 e. The number of carbonyl (C=O) groups is 1. The van der Waals surface area contributed by atoms with E-state index in [2.05, 4.69) is 39.0 Å². The van der Waals surface area contributed by atoms with Gasteiger partial charge in [0.25, 0.3) is 0 Å². The first kappa shape index (κ1) is 18.1. The molecule has 2 atom stereocenters. The van der Waals surface area contributed by atoms with E-state index < -0.39 is 0 Å². The molecular formula is C19H30N4O2. The maximum atomic E-state index is 12.6. The molecule has 0 bridgehead atoms. The number of rotatable bonds is 6. The Hall–Kier alpha value is -1.69. The second-order valence-corrected chi connectivity index (χ2v) is 7.23. The summed E-state index contributed by atoms with van der Waals surface area (Å²) in [4.78, 5) is 21.4. The summed E-state index contributed by atoms with van der Waals surface area (Å²) in [6, 6.07) is 0.480. The van der Waals surface area contributed by atoms with Crippen molar-refractivity contribution in [3.05, 3.63) is 23.9 Å². The number of carbonyl (C=O) groups excluding carboxylic acids is 1. The summed E-state index contributed by atoms with van der Waals surface area (Å²) < 4.78 is 5.09. The molecule has 1 aromatic rings. The number of aromatic nitrogens is 2. The number of aryl methyl sites for hydroxylation is 1. The van der Waals surface area contributed by atoms with Gasteiger partial charge in [-0.2, -0.15) is 4.98 Å². The fraction of sp³-hybridized carbons (Fsp3) is 0.737. The Balaban J connectivity index is 1.52. The molecule has 0 spiro atoms. The normalized spacial score (nSPS) is 24.0. The van der Waals surface area contributed by atoms with Crippen LogP contribution in [0.25, 0.3) is 0 Å². The first-order chi connectivity index (χ1) is 12.2. The van der Waals surface area contributed by atoms with Crippen molar-refractivity contribution < 1.29 is 9.32 Å². The van der Waals surface area contributed by atoms with Crippen LogP contribution in [0.15, 0.2) is 16.7 Å². The molecule has 3 rings (SSSR count). The minimum absolute atomic E-state index is 0.328. The van der Waals surface area contributed by atoms with Crippen LogP contribution < -0.4 is 0 Å². The molecule has 25 heavy (non-hydrogen) atoms. The van der Waals surface area contributed by atoms with Gasteiger partial charge in [-0.15, -0.1) is 0 Å². The van der Waals surface area contributed by atoms with Crippen molar-refractivity contribution in [3.63, 3.8) is 0 Å². The molecule has 2 aliphatic rings. The van der Waals surface area contributed by atoms with Crippen molar-refractivity contribution in [2.75, 3.05) is 19.6 Å². The number of amides is 1. The Morgan fingerprint density at radius 3 is 2.92 bits per heavy atom. The Labute approximate surface area is 150 Å². The number of hydrogen-bond donors (Lipinski definition) is 0. The van der Waals surface area contributed by atoms with Gasteiger partial charge in [-0.05, 0) is 44.6 Å². The van der Waals surface area contributed by atoms with Gasteiger partial charge in [-0.1, -0.05) is 24.2 Å². The van der Waals surface area contributed by atoms with Gasteiger partial charge < -0.3 is 9.42 Å². The van der Waals surface area contributed by atoms with Crippen LogP contribution in [-0.2, 0) is 11.3 Å². The molecule has 6 nitrogen and oxygen atoms in total. The average molecular weight is 346 g/mol. The number of likely N-dealkylation sites (tertiary alicyclic amines) is 1. The summed E-state index contributed by atoms with van der Waals surface area (Å²) in [5, 5.41) is 4.02. The van der Waals surface area contributed by atoms with Gasteiger partial charge in [-0.3, -0.25) is 9.69 Å². The van der Waals surface area contributed by atoms with Gasteiger partial charge in [0.15, 0.2) is 5.82 Å². The lowest BCUT2D eigenvalue weighted by atomic mass is 10.0. The topological polar surface area (TPSA) is 62.5 Å². The van der Waals surface area contributed by atoms with E-state index in [1.807, 2.05) is 6.92 Å². The van der Waals surface area contributed by atoms with Gasteiger partial charge in [0.2, 0.25) is 11.8 Å². The molecule has 1 fully saturated rings. The van der Waals surface area contributed by atoms with Crippen molar-refractivity contribution >= 4 is 5.91 Å². The monoisotopic (exact) mass is 346 g/mol. The summed E-state index contributed by atoms with van der Waals surface area (Å²) in [5.41, 5.74) is 0. The van der Waals surface area contributed by atoms with E-state index in [-0.39, 0.29) is 0 Å². The van der Waals surface area contributed by atoms with Crippen molar-refractivity contribution in [2.24, 2.45) is 5.92 Å². The lowest BCUT2D eigenvalue weighted by Gasteiger charge is -2.29. The molecule has 2 heterocycles. The standard InChI is InChI=1S/C19H30N4O2/c1-3-22(14-18-20-15(2)25-21-18)17-9-6-11-23(12-10-17)19(24)13-16-7-4-5-8-16/h4,7,16-17H,3,5-6,8-14H2,1-2H3. The third-order valence-corrected chi connectivity index (χ3v) is 5.44. The highest BCUT2D eigenvalue weighted by molar-refractivity contribution is 5.76. The molecule has 1 aromatic heterocycles. The Morgan fingerprint density at radius 1 is 1.36 bits per heavy atom. The van der Waals surface area contributed by atoms with Crippen LogP contribution in [0.5, 0.6) is 0 Å². The van der Waals surface area contributed by atoms with Crippen LogP contribution in [0.1, 0.15) is 57.2 Å². The van der Waals surface area contributed by atoms with Crippen molar-refractivity contribution in [1.82, 2.24) is 19.9 Å². The first-order valence-electron chi connectivity index (χ1n) is 9.63. The van der Waals surface area contributed by atoms with E-state index in [0.717, 1.165) is 64.1 Å². The van der Waals surface area contributed by atoms with E-state index >= 15 is 0 Å². The zero-order valence-electron chi connectivity index (χ0n) is 15.5. The Kier molecular flexibility index (Phi) is 6.24. The third kappa shape index (κ3) is 4.91. The fourth-order valence-corrected chi connectivity index (χ4v) is 4.00. The van der Waals surface area contributed by atoms with Gasteiger partial charge in [-0.25, -0.2) is 0 Å². The zero-order chi connectivity index (χ0) is 17.6. The molecule has 1 saturated heterocycles. The highest BCUT2D eigenvalue weighted by Gasteiger charge is 2.26. The molecule has 1 amide bonds. The summed E-state index contributed by atoms with van der Waals surface area (Å²) in [6.45, 7) is 7.43. The van der Waals surface area contributed by atoms with Crippen LogP contribution in [-0.4, -0.2) is 51.5 Å². The summed E-state index contributed by atoms with van der Waals surface area (Å²) >= 11 is 0. The van der Waals surface area contributed by atoms with Crippen LogP contribution in [0.3, 0.4) is 0 Å². The fourth-order valence-electron chi connectivity index (χ4n) is 4.00. The van der Waals surface area contributed by atoms with E-state index in [1.165, 1.54) is 0 Å². The molecule has 0 radical (unpaired) electrons. The predicted molar refractivity (Wildman–Crippen MR) is 95.8 cm³/mol. The molecule has 0 aromatic carbocycles. The Morgan fingerprint density at radius 2 is 2.24 bits per heavy atom. The maximum Gasteiger partial charge on any atom is 0.223 e. The van der Waals surface area contributed by atoms with Gasteiger partial charge in [0, 0.05) is 32.5 Å². The van der Waals surface area contributed by atoms with Gasteiger partial charge in [0.05, 0.1) is 6.54 Å². The number of nitrogens with zero attached hydrogens (tertiary/aromatic N) is 4. The second-order valence-electron chi connectivity index (χ2n) is 7.23. The van der Waals surface area contributed by atoms with Crippen molar-refractivity contribution in [2.45, 2.75) is 65.0 Å². The number of hydrogen-bond acceptors (Lipinski definition) is 5. The molecular weight excluding hydrogens is 316 g/mol. The molecule has 0 N–H and O–H groups in total. The lowest BCUT2D eigenvalue weighted by Crippen LogP contribution is -2.37. The lowest BCUT2D eigenvalue weighted by molar-refractivity contribution is -0.131. The van der Waals surface area contributed by atoms with Gasteiger partial charge in [0.1, 0.15) is 0 Å². The molecule has 1 aliphatic heterocycles. The average Bonchev–Trinajstić information content (AvgIpc) is 3.18. The predicted octanol–water partition coefficient (Wildman–Crippen LogP) is 2.94. The number of allylic oxidation sites excluding steroid dienone is 2. The quantitative estimate of drug-likeness (QED) is 0.741. The first-order valence-corrected chi connectivity index (χ1v) is 9.63. The van der Waals surface area contributed by atoms with E-state index in [0.29, 0.717) is 30.2 Å². The minimum atomic E-state index is 0.328. The van der Waals surface area contributed by atoms with E-state index in [1.54, 1.807) is 0 Å². The maximum absolute atomic E-state index is 12.6. The summed E-state index contributed by atoms with van der Waals surface area (Å²) in [6.07, 6.45) is 10.6. The third-order valence-electron chi connectivity index (χ3n) is 5.44. The van der Waals surface area contributed by atoms with E-state index in [4.69, 9.17) is 4.52 Å². The van der Waals surface area contributed by atoms with Crippen LogP contribution in [0.2, 0.25) is 0 Å². The molecule has 2 unspecified atom stereocenters. The Bertz CT molecular complexity index is 598. The van der Waals surface area contributed by atoms with Gasteiger partial charge >= 0.3 is 0 Å². The second kappa shape index (κ2) is 8.61. The SMILES string of the molecule is CCN(Cc1noc(C)n1)C1CCCN(C(=O)CC2C=CCC2)CC1. The van der Waals surface area contributed by atoms with Crippen LogP contribution in [0.4, 0.5) is 0 Å². The largest absolute Gasteiger partial charge is 0.343 e. The highest BCUT2D eigenvalue weighted by atomic mass is 16.5. The summed E-state index contributed by atoms with van der Waals surface area (Å²) in [7, 11) is 0. The molecule has 1 aliphatic carbocycles. The van der Waals surface area contributed by atoms with Crippen LogP contribution >= 0.6 is 0 Å². The molecule has 138 valence electrons. The summed E-state index contributed by atoms with van der Waals surface area (Å²) in [5.74, 6) is 2.16. The highest BCUT2D eigenvalue weighted by Crippen LogP contribution is 2.23. The molecule has 0 saturated carbocycles.